The van der Waals surface area contributed by atoms with Crippen molar-refractivity contribution in [2.45, 2.75) is 30.5 Å². The number of hydrogen-bond acceptors (Lipinski definition) is 7. The molecule has 0 saturated heterocycles. The fraction of sp³-hybridized carbons (Fsp3) is 0.250. The topological polar surface area (TPSA) is 94.8 Å². The summed E-state index contributed by atoms with van der Waals surface area (Å²) in [5.41, 5.74) is 3.68. The van der Waals surface area contributed by atoms with Crippen LogP contribution in [0.25, 0.3) is 11.0 Å². The van der Waals surface area contributed by atoms with Crippen LogP contribution in [0, 0.1) is 0 Å². The Bertz CT molecular complexity index is 1370. The van der Waals surface area contributed by atoms with Gasteiger partial charge in [0.05, 0.1) is 26.4 Å². The molecule has 0 bridgehead atoms. The standard InChI is InChI=1S/C24H23N3O5S/c1-30-23-12-21-22(26-32-25-21)13-24(23)33(28,29)27-14-18-9-5-6-10-19(18)15-31-16-20(27)11-17-7-3-2-4-8-17/h2-10,12-13,20H,11,14-16H2,1H3. The number of benzene rings is 3. The van der Waals surface area contributed by atoms with E-state index in [9.17, 15) is 8.42 Å². The van der Waals surface area contributed by atoms with Crippen molar-refractivity contribution < 1.29 is 22.5 Å². The second-order valence-corrected chi connectivity index (χ2v) is 9.79. The lowest BCUT2D eigenvalue weighted by Gasteiger charge is -2.33. The van der Waals surface area contributed by atoms with Crippen molar-refractivity contribution in [1.29, 1.82) is 0 Å². The fourth-order valence-corrected chi connectivity index (χ4v) is 5.89. The molecule has 1 unspecified atom stereocenters. The number of methoxy groups -OCH3 is 1. The molecular formula is C24H23N3O5S. The average Bonchev–Trinajstić information content (AvgIpc) is 3.28. The predicted octanol–water partition coefficient (Wildman–Crippen LogP) is 3.56. The molecule has 0 amide bonds. The zero-order valence-electron chi connectivity index (χ0n) is 18.0. The van der Waals surface area contributed by atoms with Gasteiger partial charge in [0.15, 0.2) is 0 Å². The van der Waals surface area contributed by atoms with Gasteiger partial charge < -0.3 is 9.47 Å². The fourth-order valence-electron chi connectivity index (χ4n) is 4.15. The molecule has 8 nitrogen and oxygen atoms in total. The van der Waals surface area contributed by atoms with Gasteiger partial charge >= 0.3 is 0 Å². The predicted molar refractivity (Wildman–Crippen MR) is 121 cm³/mol. The number of fused-ring (bicyclic) bond motifs is 2. The Labute approximate surface area is 191 Å². The molecule has 2 heterocycles. The largest absolute Gasteiger partial charge is 0.495 e. The maximum Gasteiger partial charge on any atom is 0.247 e. The Morgan fingerprint density at radius 2 is 1.70 bits per heavy atom. The van der Waals surface area contributed by atoms with Gasteiger partial charge in [-0.3, -0.25) is 0 Å². The molecule has 0 radical (unpaired) electrons. The van der Waals surface area contributed by atoms with E-state index in [1.54, 1.807) is 0 Å². The van der Waals surface area contributed by atoms with Crippen molar-refractivity contribution in [3.05, 3.63) is 83.4 Å². The first kappa shape index (κ1) is 21.6. The van der Waals surface area contributed by atoms with E-state index in [1.165, 1.54) is 23.5 Å². The highest BCUT2D eigenvalue weighted by molar-refractivity contribution is 7.89. The summed E-state index contributed by atoms with van der Waals surface area (Å²) in [4.78, 5) is 0.0179. The van der Waals surface area contributed by atoms with Crippen LogP contribution < -0.4 is 4.74 Å². The van der Waals surface area contributed by atoms with E-state index in [1.807, 2.05) is 54.6 Å². The molecule has 0 saturated carbocycles. The van der Waals surface area contributed by atoms with E-state index < -0.39 is 16.1 Å². The third-order valence-electron chi connectivity index (χ3n) is 5.86. The smallest absolute Gasteiger partial charge is 0.247 e. The lowest BCUT2D eigenvalue weighted by atomic mass is 10.0. The Balaban J connectivity index is 1.63. The Morgan fingerprint density at radius 3 is 2.45 bits per heavy atom. The van der Waals surface area contributed by atoms with Gasteiger partial charge in [-0.05, 0) is 39.5 Å². The zero-order valence-corrected chi connectivity index (χ0v) is 18.9. The number of ether oxygens (including phenoxy) is 2. The molecule has 1 aliphatic rings. The second-order valence-electron chi connectivity index (χ2n) is 7.93. The van der Waals surface area contributed by atoms with Crippen LogP contribution in [0.3, 0.4) is 0 Å². The highest BCUT2D eigenvalue weighted by Gasteiger charge is 2.36. The van der Waals surface area contributed by atoms with Gasteiger partial charge in [-0.15, -0.1) is 0 Å². The Hall–Kier alpha value is -3.27. The van der Waals surface area contributed by atoms with Crippen molar-refractivity contribution >= 4 is 21.1 Å². The number of aromatic nitrogens is 2. The SMILES string of the molecule is COc1cc2nonc2cc1S(=O)(=O)N1Cc2ccccc2COCC1Cc1ccccc1. The zero-order chi connectivity index (χ0) is 22.8. The summed E-state index contributed by atoms with van der Waals surface area (Å²) < 4.78 is 45.9. The molecule has 1 aromatic heterocycles. The molecule has 3 aromatic carbocycles. The maximum absolute atomic E-state index is 14.1. The van der Waals surface area contributed by atoms with Crippen LogP contribution in [0.15, 0.2) is 76.3 Å². The Kier molecular flexibility index (Phi) is 5.84. The monoisotopic (exact) mass is 465 g/mol. The number of sulfonamides is 1. The first-order chi connectivity index (χ1) is 16.1. The highest BCUT2D eigenvalue weighted by atomic mass is 32.2. The van der Waals surface area contributed by atoms with Gasteiger partial charge in [-0.1, -0.05) is 54.6 Å². The van der Waals surface area contributed by atoms with Gasteiger partial charge in [0.1, 0.15) is 21.7 Å². The van der Waals surface area contributed by atoms with Gasteiger partial charge in [-0.25, -0.2) is 13.0 Å². The van der Waals surface area contributed by atoms with Gasteiger partial charge in [0, 0.05) is 12.6 Å². The van der Waals surface area contributed by atoms with Gasteiger partial charge in [0.25, 0.3) is 0 Å². The minimum absolute atomic E-state index is 0.0179. The van der Waals surface area contributed by atoms with Crippen molar-refractivity contribution in [1.82, 2.24) is 14.6 Å². The van der Waals surface area contributed by atoms with Crippen LogP contribution in [-0.2, 0) is 34.3 Å². The molecule has 0 N–H and O–H groups in total. The van der Waals surface area contributed by atoms with E-state index in [-0.39, 0.29) is 23.8 Å². The van der Waals surface area contributed by atoms with Crippen LogP contribution >= 0.6 is 0 Å². The molecule has 9 heteroatoms. The molecule has 1 aliphatic heterocycles. The molecule has 170 valence electrons. The Morgan fingerprint density at radius 1 is 1.00 bits per heavy atom. The van der Waals surface area contributed by atoms with Crippen LogP contribution in [0.2, 0.25) is 0 Å². The van der Waals surface area contributed by atoms with Crippen LogP contribution in [0.1, 0.15) is 16.7 Å². The highest BCUT2D eigenvalue weighted by Crippen LogP contribution is 2.34. The van der Waals surface area contributed by atoms with E-state index in [4.69, 9.17) is 14.1 Å². The summed E-state index contributed by atoms with van der Waals surface area (Å²) in [6.45, 7) is 0.922. The average molecular weight is 466 g/mol. The summed E-state index contributed by atoms with van der Waals surface area (Å²) in [5, 5.41) is 7.62. The summed E-state index contributed by atoms with van der Waals surface area (Å²) in [6.07, 6.45) is 0.512. The normalized spacial score (nSPS) is 17.3. The summed E-state index contributed by atoms with van der Waals surface area (Å²) >= 11 is 0. The first-order valence-corrected chi connectivity index (χ1v) is 12.0. The van der Waals surface area contributed by atoms with Crippen molar-refractivity contribution in [3.63, 3.8) is 0 Å². The quantitative estimate of drug-likeness (QED) is 0.445. The molecule has 0 fully saturated rings. The van der Waals surface area contributed by atoms with E-state index in [0.717, 1.165) is 16.7 Å². The van der Waals surface area contributed by atoms with Crippen molar-refractivity contribution in [3.8, 4) is 5.75 Å². The lowest BCUT2D eigenvalue weighted by Crippen LogP contribution is -2.45. The number of rotatable bonds is 5. The first-order valence-electron chi connectivity index (χ1n) is 10.6. The minimum Gasteiger partial charge on any atom is -0.495 e. The maximum atomic E-state index is 14.1. The molecule has 0 spiro atoms. The third kappa shape index (κ3) is 4.22. The minimum atomic E-state index is -4.01. The van der Waals surface area contributed by atoms with Crippen LogP contribution in [-0.4, -0.2) is 42.8 Å². The lowest BCUT2D eigenvalue weighted by molar-refractivity contribution is 0.0673. The second kappa shape index (κ2) is 8.93. The van der Waals surface area contributed by atoms with E-state index in [0.29, 0.717) is 24.1 Å². The van der Waals surface area contributed by atoms with Crippen LogP contribution in [0.5, 0.6) is 5.75 Å². The molecule has 33 heavy (non-hydrogen) atoms. The molecular weight excluding hydrogens is 442 g/mol. The molecule has 1 atom stereocenters. The third-order valence-corrected chi connectivity index (χ3v) is 7.78. The molecule has 5 rings (SSSR count). The molecule has 4 aromatic rings. The van der Waals surface area contributed by atoms with E-state index in [2.05, 4.69) is 10.3 Å². The van der Waals surface area contributed by atoms with Gasteiger partial charge in [-0.2, -0.15) is 4.31 Å². The van der Waals surface area contributed by atoms with Gasteiger partial charge in [0.2, 0.25) is 10.0 Å². The summed E-state index contributed by atoms with van der Waals surface area (Å²) in [6, 6.07) is 20.1. The number of hydrogen-bond donors (Lipinski definition) is 0. The van der Waals surface area contributed by atoms with E-state index >= 15 is 0 Å². The summed E-state index contributed by atoms with van der Waals surface area (Å²) in [7, 11) is -2.58. The van der Waals surface area contributed by atoms with Crippen molar-refractivity contribution in [2.24, 2.45) is 0 Å². The summed E-state index contributed by atoms with van der Waals surface area (Å²) in [5.74, 6) is 0.188. The van der Waals surface area contributed by atoms with Crippen molar-refractivity contribution in [2.75, 3.05) is 13.7 Å². The number of nitrogens with zero attached hydrogens (tertiary/aromatic N) is 3. The molecule has 0 aliphatic carbocycles. The van der Waals surface area contributed by atoms with Crippen LogP contribution in [0.4, 0.5) is 0 Å².